The number of carbonyl (C=O) groups is 1. The van der Waals surface area contributed by atoms with Crippen LogP contribution in [0.3, 0.4) is 0 Å². The molecule has 206 valence electrons. The van der Waals surface area contributed by atoms with Crippen LogP contribution in [0.15, 0.2) is 60.7 Å². The Balaban J connectivity index is 1.42. The second-order valence-corrected chi connectivity index (χ2v) is 12.0. The van der Waals surface area contributed by atoms with E-state index in [0.29, 0.717) is 29.8 Å². The Labute approximate surface area is 231 Å². The standard InChI is InChI=1S/C34H39FO4/c1-34(2)16-6-11-31(34)29-17-22(12-14-27(29)30-19-25(38-3)13-15-32(30)35)21-39-26-10-5-9-24(18-26)28(20-33(36)37)23-7-4-8-23/h5,9-10,12-15,17-19,23,28,31H,4,6-8,11,16,20-21H2,1-3H3,(H,36,37)/t28-,31+/m0/s1. The minimum Gasteiger partial charge on any atom is -0.497 e. The van der Waals surface area contributed by atoms with E-state index in [4.69, 9.17) is 9.47 Å². The molecule has 1 N–H and O–H groups in total. The lowest BCUT2D eigenvalue weighted by Crippen LogP contribution is -2.22. The summed E-state index contributed by atoms with van der Waals surface area (Å²) in [6.07, 6.45) is 6.87. The molecule has 4 nitrogen and oxygen atoms in total. The SMILES string of the molecule is COc1ccc(F)c(-c2ccc(COc3cccc([C@@H](CC(=O)O)C4CCC4)c3)cc2[C@H]2CCCC2(C)C)c1. The zero-order valence-corrected chi connectivity index (χ0v) is 23.2. The van der Waals surface area contributed by atoms with Crippen molar-refractivity contribution in [2.45, 2.75) is 77.2 Å². The van der Waals surface area contributed by atoms with Gasteiger partial charge in [-0.3, -0.25) is 4.79 Å². The third-order valence-corrected chi connectivity index (χ3v) is 9.02. The smallest absolute Gasteiger partial charge is 0.303 e. The van der Waals surface area contributed by atoms with Crippen molar-refractivity contribution in [1.29, 1.82) is 0 Å². The summed E-state index contributed by atoms with van der Waals surface area (Å²) >= 11 is 0. The van der Waals surface area contributed by atoms with Crippen LogP contribution in [0.25, 0.3) is 11.1 Å². The predicted octanol–water partition coefficient (Wildman–Crippen LogP) is 8.73. The van der Waals surface area contributed by atoms with Gasteiger partial charge in [0, 0.05) is 5.56 Å². The Morgan fingerprint density at radius 1 is 1.00 bits per heavy atom. The van der Waals surface area contributed by atoms with Gasteiger partial charge in [-0.2, -0.15) is 0 Å². The largest absolute Gasteiger partial charge is 0.497 e. The van der Waals surface area contributed by atoms with Crippen molar-refractivity contribution in [2.24, 2.45) is 11.3 Å². The van der Waals surface area contributed by atoms with Gasteiger partial charge in [0.25, 0.3) is 0 Å². The molecule has 0 radical (unpaired) electrons. The average Bonchev–Trinajstić information content (AvgIpc) is 3.25. The summed E-state index contributed by atoms with van der Waals surface area (Å²) in [4.78, 5) is 11.5. The summed E-state index contributed by atoms with van der Waals surface area (Å²) in [6, 6.07) is 19.1. The fourth-order valence-corrected chi connectivity index (χ4v) is 6.57. The fourth-order valence-electron chi connectivity index (χ4n) is 6.57. The van der Waals surface area contributed by atoms with E-state index in [1.165, 1.54) is 12.5 Å². The second kappa shape index (κ2) is 11.4. The fraction of sp³-hybridized carbons (Fsp3) is 0.441. The summed E-state index contributed by atoms with van der Waals surface area (Å²) in [5, 5.41) is 9.48. The van der Waals surface area contributed by atoms with Gasteiger partial charge in [-0.15, -0.1) is 0 Å². The molecule has 5 rings (SSSR count). The maximum atomic E-state index is 15.1. The molecule has 0 heterocycles. The molecule has 0 saturated heterocycles. The molecule has 39 heavy (non-hydrogen) atoms. The quantitative estimate of drug-likeness (QED) is 0.285. The lowest BCUT2D eigenvalue weighted by Gasteiger charge is -2.33. The Morgan fingerprint density at radius 2 is 1.82 bits per heavy atom. The number of methoxy groups -OCH3 is 1. The molecule has 2 fully saturated rings. The van der Waals surface area contributed by atoms with Gasteiger partial charge in [-0.25, -0.2) is 4.39 Å². The number of hydrogen-bond donors (Lipinski definition) is 1. The molecule has 0 aliphatic heterocycles. The number of ether oxygens (including phenoxy) is 2. The van der Waals surface area contributed by atoms with Gasteiger partial charge in [-0.05, 0) is 101 Å². The molecule has 3 aromatic rings. The third-order valence-electron chi connectivity index (χ3n) is 9.02. The van der Waals surface area contributed by atoms with Gasteiger partial charge in [-0.1, -0.05) is 57.0 Å². The number of carboxylic acid groups (broad SMARTS) is 1. The Morgan fingerprint density at radius 3 is 2.49 bits per heavy atom. The molecular formula is C34H39FO4. The van der Waals surface area contributed by atoms with E-state index in [1.807, 2.05) is 36.4 Å². The predicted molar refractivity (Wildman–Crippen MR) is 152 cm³/mol. The first-order valence-electron chi connectivity index (χ1n) is 14.2. The van der Waals surface area contributed by atoms with Crippen molar-refractivity contribution < 1.29 is 23.8 Å². The number of rotatable bonds is 10. The van der Waals surface area contributed by atoms with Crippen molar-refractivity contribution in [3.63, 3.8) is 0 Å². The van der Waals surface area contributed by atoms with Gasteiger partial charge in [0.15, 0.2) is 0 Å². The van der Waals surface area contributed by atoms with Crippen molar-refractivity contribution in [3.05, 3.63) is 83.2 Å². The topological polar surface area (TPSA) is 55.8 Å². The van der Waals surface area contributed by atoms with Gasteiger partial charge < -0.3 is 14.6 Å². The number of aliphatic carboxylic acids is 1. The molecule has 0 bridgehead atoms. The zero-order valence-electron chi connectivity index (χ0n) is 23.2. The Kier molecular flexibility index (Phi) is 7.97. The number of hydrogen-bond acceptors (Lipinski definition) is 3. The summed E-state index contributed by atoms with van der Waals surface area (Å²) in [7, 11) is 1.60. The highest BCUT2D eigenvalue weighted by Gasteiger charge is 2.37. The second-order valence-electron chi connectivity index (χ2n) is 12.0. The molecule has 0 aromatic heterocycles. The molecule has 0 spiro atoms. The van der Waals surface area contributed by atoms with E-state index in [2.05, 4.69) is 19.9 Å². The van der Waals surface area contributed by atoms with Crippen LogP contribution >= 0.6 is 0 Å². The minimum atomic E-state index is -0.756. The molecule has 5 heteroatoms. The number of carboxylic acids is 1. The molecule has 3 aromatic carbocycles. The molecule has 2 saturated carbocycles. The third kappa shape index (κ3) is 5.98. The van der Waals surface area contributed by atoms with Crippen LogP contribution in [0.5, 0.6) is 11.5 Å². The van der Waals surface area contributed by atoms with E-state index >= 15 is 4.39 Å². The lowest BCUT2D eigenvalue weighted by molar-refractivity contribution is -0.138. The van der Waals surface area contributed by atoms with Gasteiger partial charge in [0.2, 0.25) is 0 Å². The van der Waals surface area contributed by atoms with Crippen LogP contribution in [0.4, 0.5) is 4.39 Å². The first-order valence-corrected chi connectivity index (χ1v) is 14.2. The first kappa shape index (κ1) is 27.2. The summed E-state index contributed by atoms with van der Waals surface area (Å²) in [5.74, 6) is 1.14. The summed E-state index contributed by atoms with van der Waals surface area (Å²) in [5.41, 5.74) is 4.83. The molecular weight excluding hydrogens is 491 g/mol. The maximum Gasteiger partial charge on any atom is 0.303 e. The molecule has 0 amide bonds. The van der Waals surface area contributed by atoms with Crippen molar-refractivity contribution in [2.75, 3.05) is 7.11 Å². The van der Waals surface area contributed by atoms with Crippen molar-refractivity contribution in [3.8, 4) is 22.6 Å². The van der Waals surface area contributed by atoms with Crippen LogP contribution in [0.2, 0.25) is 0 Å². The van der Waals surface area contributed by atoms with E-state index in [1.54, 1.807) is 19.2 Å². The van der Waals surface area contributed by atoms with Crippen molar-refractivity contribution in [1.82, 2.24) is 0 Å². The van der Waals surface area contributed by atoms with E-state index in [-0.39, 0.29) is 23.6 Å². The van der Waals surface area contributed by atoms with Crippen LogP contribution in [-0.4, -0.2) is 18.2 Å². The molecule has 2 atom stereocenters. The highest BCUT2D eigenvalue weighted by Crippen LogP contribution is 2.51. The summed E-state index contributed by atoms with van der Waals surface area (Å²) < 4.78 is 26.7. The highest BCUT2D eigenvalue weighted by molar-refractivity contribution is 5.71. The molecule has 2 aliphatic rings. The van der Waals surface area contributed by atoms with E-state index in [0.717, 1.165) is 60.1 Å². The first-order chi connectivity index (χ1) is 18.7. The summed E-state index contributed by atoms with van der Waals surface area (Å²) in [6.45, 7) is 5.00. The maximum absolute atomic E-state index is 15.1. The number of halogens is 1. The van der Waals surface area contributed by atoms with Crippen LogP contribution < -0.4 is 9.47 Å². The van der Waals surface area contributed by atoms with Crippen LogP contribution in [0, 0.1) is 17.2 Å². The number of benzene rings is 3. The molecule has 0 unspecified atom stereocenters. The monoisotopic (exact) mass is 530 g/mol. The average molecular weight is 531 g/mol. The van der Waals surface area contributed by atoms with E-state index in [9.17, 15) is 9.90 Å². The Hall–Kier alpha value is -3.34. The van der Waals surface area contributed by atoms with E-state index < -0.39 is 5.97 Å². The van der Waals surface area contributed by atoms with Crippen LogP contribution in [-0.2, 0) is 11.4 Å². The minimum absolute atomic E-state index is 0.0213. The van der Waals surface area contributed by atoms with Gasteiger partial charge >= 0.3 is 5.97 Å². The van der Waals surface area contributed by atoms with Gasteiger partial charge in [0.05, 0.1) is 13.5 Å². The zero-order chi connectivity index (χ0) is 27.6. The Bertz CT molecular complexity index is 1330. The normalized spacial score (nSPS) is 19.3. The van der Waals surface area contributed by atoms with Crippen LogP contribution in [0.1, 0.15) is 87.3 Å². The highest BCUT2D eigenvalue weighted by atomic mass is 19.1. The molecule has 2 aliphatic carbocycles. The van der Waals surface area contributed by atoms with Crippen molar-refractivity contribution >= 4 is 5.97 Å². The lowest BCUT2D eigenvalue weighted by atomic mass is 9.72. The van der Waals surface area contributed by atoms with Gasteiger partial charge in [0.1, 0.15) is 23.9 Å².